The van der Waals surface area contributed by atoms with Crippen molar-refractivity contribution >= 4 is 7.82 Å². The molecule has 0 aromatic carbocycles. The zero-order valence-electron chi connectivity index (χ0n) is 5.04. The average molecular weight is 174 g/mol. The Morgan fingerprint density at radius 3 is 2.30 bits per heavy atom. The first kappa shape index (κ1) is 10.0. The minimum absolute atomic E-state index is 0.569. The summed E-state index contributed by atoms with van der Waals surface area (Å²) in [7, 11) is -4.50. The fourth-order valence-electron chi connectivity index (χ4n) is 0.236. The zero-order chi connectivity index (χ0) is 8.20. The molecule has 0 spiro atoms. The van der Waals surface area contributed by atoms with E-state index in [0.717, 1.165) is 0 Å². The van der Waals surface area contributed by atoms with Gasteiger partial charge in [0.25, 0.3) is 0 Å². The first-order valence-corrected chi connectivity index (χ1v) is 3.98. The second kappa shape index (κ2) is 4.02. The molecule has 0 aliphatic carbocycles. The quantitative estimate of drug-likeness (QED) is 0.303. The van der Waals surface area contributed by atoms with Gasteiger partial charge in [-0.15, -0.1) is 0 Å². The highest BCUT2D eigenvalue weighted by atomic mass is 31.2. The molecule has 0 saturated heterocycles. The van der Waals surface area contributed by atoms with Crippen LogP contribution in [0.1, 0.15) is 0 Å². The summed E-state index contributed by atoms with van der Waals surface area (Å²) in [5.41, 5.74) is 0. The molecule has 0 fully saturated rings. The van der Waals surface area contributed by atoms with Crippen molar-refractivity contribution in [2.45, 2.75) is 6.10 Å². The summed E-state index contributed by atoms with van der Waals surface area (Å²) in [6.07, 6.45) is -1.24. The molecule has 0 heterocycles. The fourth-order valence-corrected chi connectivity index (χ4v) is 0.602. The van der Waals surface area contributed by atoms with E-state index in [0.29, 0.717) is 0 Å². The Labute approximate surface area is 57.3 Å². The molecule has 4 N–H and O–H groups in total. The molecule has 0 aliphatic rings. The molecule has 0 saturated carbocycles. The Balaban J connectivity index is 3.46. The Kier molecular flexibility index (Phi) is 4.04. The maximum absolute atomic E-state index is 9.93. The Morgan fingerprint density at radius 1 is 1.50 bits per heavy atom. The molecule has 1 atom stereocenters. The van der Waals surface area contributed by atoms with Crippen molar-refractivity contribution in [3.63, 3.8) is 0 Å². The number of phosphoric ester groups is 1. The van der Waals surface area contributed by atoms with Crippen LogP contribution in [0.15, 0.2) is 0 Å². The van der Waals surface area contributed by atoms with Gasteiger partial charge in [-0.1, -0.05) is 0 Å². The van der Waals surface area contributed by atoms with E-state index in [1.54, 1.807) is 0 Å². The van der Waals surface area contributed by atoms with Gasteiger partial charge in [-0.2, -0.15) is 0 Å². The topological polar surface area (TPSA) is 107 Å². The highest BCUT2D eigenvalue weighted by Gasteiger charge is 2.15. The van der Waals surface area contributed by atoms with Crippen molar-refractivity contribution in [3.8, 4) is 0 Å². The smallest absolute Gasteiger partial charge is 0.394 e. The van der Waals surface area contributed by atoms with Crippen molar-refractivity contribution < 1.29 is 29.1 Å². The number of hydrogen-bond donors (Lipinski definition) is 4. The normalized spacial score (nSPS) is 15.2. The van der Waals surface area contributed by atoms with Crippen LogP contribution >= 0.6 is 7.82 Å². The van der Waals surface area contributed by atoms with Gasteiger partial charge < -0.3 is 20.0 Å². The lowest BCUT2D eigenvalue weighted by Crippen LogP contribution is -2.18. The molecule has 0 radical (unpaired) electrons. The average Bonchev–Trinajstić information content (AvgIpc) is 1.81. The molecule has 0 aromatic rings. The summed E-state index contributed by atoms with van der Waals surface area (Å²) in [4.78, 5) is 16.1. The van der Waals surface area contributed by atoms with Gasteiger partial charge in [0.15, 0.2) is 0 Å². The summed E-state index contributed by atoms with van der Waals surface area (Å²) in [5, 5.41) is 16.7. The minimum atomic E-state index is -4.50. The predicted molar refractivity (Wildman–Crippen MR) is 31.1 cm³/mol. The maximum atomic E-state index is 9.93. The third-order valence-electron chi connectivity index (χ3n) is 0.646. The lowest BCUT2D eigenvalue weighted by atomic mass is 11.0. The van der Waals surface area contributed by atoms with Crippen molar-refractivity contribution in [2.75, 3.05) is 13.2 Å². The SMILES string of the molecule is O=P(O)(O)OC[13C@H](O)[13CH2]O. The van der Waals surface area contributed by atoms with Crippen LogP contribution in [0.3, 0.4) is 0 Å². The van der Waals surface area contributed by atoms with E-state index in [1.807, 2.05) is 0 Å². The molecule has 0 aromatic heterocycles. The molecule has 0 aliphatic heterocycles. The van der Waals surface area contributed by atoms with E-state index in [2.05, 4.69) is 4.52 Å². The van der Waals surface area contributed by atoms with Gasteiger partial charge in [0, 0.05) is 0 Å². The maximum Gasteiger partial charge on any atom is 0.469 e. The van der Waals surface area contributed by atoms with E-state index in [9.17, 15) is 4.57 Å². The van der Waals surface area contributed by atoms with Crippen LogP contribution in [0.5, 0.6) is 0 Å². The number of rotatable bonds is 4. The molecule has 0 bridgehead atoms. The number of phosphoric acid groups is 1. The highest BCUT2D eigenvalue weighted by molar-refractivity contribution is 7.46. The van der Waals surface area contributed by atoms with Crippen LogP contribution in [-0.2, 0) is 9.09 Å². The van der Waals surface area contributed by atoms with E-state index < -0.39 is 27.1 Å². The van der Waals surface area contributed by atoms with Crippen molar-refractivity contribution in [2.24, 2.45) is 0 Å². The molecule has 0 unspecified atom stereocenters. The Bertz CT molecular complexity index is 129. The lowest BCUT2D eigenvalue weighted by molar-refractivity contribution is 0.0419. The molecule has 62 valence electrons. The molecular weight excluding hydrogens is 165 g/mol. The monoisotopic (exact) mass is 174 g/mol. The third kappa shape index (κ3) is 6.15. The first-order valence-electron chi connectivity index (χ1n) is 2.44. The molecule has 7 heteroatoms. The van der Waals surface area contributed by atoms with Crippen LogP contribution < -0.4 is 0 Å². The largest absolute Gasteiger partial charge is 0.469 e. The van der Waals surface area contributed by atoms with E-state index in [1.165, 1.54) is 0 Å². The van der Waals surface area contributed by atoms with Crippen molar-refractivity contribution in [1.82, 2.24) is 0 Å². The fraction of sp³-hybridized carbons (Fsp3) is 1.00. The second-order valence-electron chi connectivity index (χ2n) is 1.62. The summed E-state index contributed by atoms with van der Waals surface area (Å²) in [6, 6.07) is 0. The van der Waals surface area contributed by atoms with Gasteiger partial charge in [-0.25, -0.2) is 4.57 Å². The summed E-state index contributed by atoms with van der Waals surface area (Å²) in [6.45, 7) is -1.15. The van der Waals surface area contributed by atoms with Crippen LogP contribution in [0.2, 0.25) is 0 Å². The lowest BCUT2D eigenvalue weighted by Gasteiger charge is -2.07. The molecule has 10 heavy (non-hydrogen) atoms. The van der Waals surface area contributed by atoms with E-state index in [-0.39, 0.29) is 0 Å². The van der Waals surface area contributed by atoms with Crippen LogP contribution in [0.25, 0.3) is 0 Å². The Hall–Kier alpha value is 0.0300. The number of aliphatic hydroxyl groups is 2. The van der Waals surface area contributed by atoms with Gasteiger partial charge in [0.05, 0.1) is 13.2 Å². The predicted octanol–water partition coefficient (Wildman–Crippen LogP) is -1.55. The Morgan fingerprint density at radius 2 is 2.00 bits per heavy atom. The van der Waals surface area contributed by atoms with Crippen molar-refractivity contribution in [3.05, 3.63) is 0 Å². The van der Waals surface area contributed by atoms with Gasteiger partial charge in [0.1, 0.15) is 6.10 Å². The molecule has 0 rings (SSSR count). The first-order chi connectivity index (χ1) is 4.45. The molecular formula is C3H9O6P. The van der Waals surface area contributed by atoms with Gasteiger partial charge in [-0.3, -0.25) is 4.52 Å². The van der Waals surface area contributed by atoms with Gasteiger partial charge >= 0.3 is 7.82 Å². The number of aliphatic hydroxyl groups excluding tert-OH is 2. The second-order valence-corrected chi connectivity index (χ2v) is 2.86. The third-order valence-corrected chi connectivity index (χ3v) is 1.13. The van der Waals surface area contributed by atoms with E-state index >= 15 is 0 Å². The van der Waals surface area contributed by atoms with Crippen LogP contribution in [-0.4, -0.2) is 39.3 Å². The molecule has 0 amide bonds. The molecule has 6 nitrogen and oxygen atoms in total. The number of hydrogen-bond acceptors (Lipinski definition) is 4. The minimum Gasteiger partial charge on any atom is -0.394 e. The zero-order valence-corrected chi connectivity index (χ0v) is 5.94. The van der Waals surface area contributed by atoms with Crippen molar-refractivity contribution in [1.29, 1.82) is 0 Å². The van der Waals surface area contributed by atoms with Gasteiger partial charge in [-0.05, 0) is 0 Å². The summed E-state index contributed by atoms with van der Waals surface area (Å²) >= 11 is 0. The standard InChI is InChI=1S/C3H9O6P/c4-1-3(5)2-9-10(6,7)8/h3-5H,1-2H2,(H2,6,7,8)/t3-/m1/s1/i1+1,3+1. The summed E-state index contributed by atoms with van der Waals surface area (Å²) in [5.74, 6) is 0. The highest BCUT2D eigenvalue weighted by Crippen LogP contribution is 2.35. The van der Waals surface area contributed by atoms with Gasteiger partial charge in [0.2, 0.25) is 0 Å². The van der Waals surface area contributed by atoms with E-state index in [4.69, 9.17) is 20.0 Å². The van der Waals surface area contributed by atoms with Crippen LogP contribution in [0.4, 0.5) is 0 Å². The summed E-state index contributed by atoms with van der Waals surface area (Å²) < 4.78 is 13.8. The van der Waals surface area contributed by atoms with Crippen LogP contribution in [0, 0.1) is 0 Å².